The number of hydrogen-bond donors (Lipinski definition) is 1. The van der Waals surface area contributed by atoms with Crippen LogP contribution in [0.25, 0.3) is 11.4 Å². The van der Waals surface area contributed by atoms with Crippen molar-refractivity contribution in [2.24, 2.45) is 0 Å². The smallest absolute Gasteiger partial charge is 0.217 e. The zero-order valence-electron chi connectivity index (χ0n) is 17.2. The number of Topliss-reactive ketones (excluding diaryl/α,β-unsaturated/α-hetero) is 1. The van der Waals surface area contributed by atoms with Crippen LogP contribution in [0.2, 0.25) is 0 Å². The molecule has 0 aliphatic rings. The molecule has 8 heteroatoms. The average Bonchev–Trinajstić information content (AvgIpc) is 3.31. The van der Waals surface area contributed by atoms with Gasteiger partial charge in [0.15, 0.2) is 16.8 Å². The Kier molecular flexibility index (Phi) is 6.89. The van der Waals surface area contributed by atoms with Crippen LogP contribution in [-0.2, 0) is 11.3 Å². The Morgan fingerprint density at radius 1 is 1.27 bits per heavy atom. The zero-order chi connectivity index (χ0) is 21.7. The molecule has 2 heterocycles. The molecule has 0 unspecified atom stereocenters. The van der Waals surface area contributed by atoms with Gasteiger partial charge in [0.1, 0.15) is 5.76 Å². The predicted octanol–water partition coefficient (Wildman–Crippen LogP) is 4.20. The number of nitrogens with one attached hydrogen (secondary N) is 1. The van der Waals surface area contributed by atoms with E-state index in [1.54, 1.807) is 24.5 Å². The van der Waals surface area contributed by atoms with E-state index in [9.17, 15) is 9.59 Å². The van der Waals surface area contributed by atoms with Gasteiger partial charge in [-0.1, -0.05) is 42.1 Å². The number of thioether (sulfide) groups is 1. The number of rotatable bonds is 9. The summed E-state index contributed by atoms with van der Waals surface area (Å²) in [5, 5.41) is 12.0. The van der Waals surface area contributed by atoms with Gasteiger partial charge >= 0.3 is 0 Å². The molecular formula is C22H24N4O3S. The van der Waals surface area contributed by atoms with Crippen molar-refractivity contribution in [2.75, 3.05) is 5.75 Å². The first kappa shape index (κ1) is 21.6. The number of aryl methyl sites for hydroxylation is 1. The fourth-order valence-corrected chi connectivity index (χ4v) is 3.91. The van der Waals surface area contributed by atoms with Gasteiger partial charge < -0.3 is 9.73 Å². The van der Waals surface area contributed by atoms with Crippen LogP contribution in [0.3, 0.4) is 0 Å². The summed E-state index contributed by atoms with van der Waals surface area (Å²) < 4.78 is 7.29. The Morgan fingerprint density at radius 2 is 2.00 bits per heavy atom. The van der Waals surface area contributed by atoms with Gasteiger partial charge in [-0.15, -0.1) is 16.8 Å². The number of aromatic nitrogens is 3. The molecule has 0 saturated carbocycles. The number of amides is 1. The van der Waals surface area contributed by atoms with Crippen LogP contribution >= 0.6 is 11.8 Å². The fraction of sp³-hybridized carbons (Fsp3) is 0.273. The van der Waals surface area contributed by atoms with Crippen LogP contribution in [0.4, 0.5) is 0 Å². The van der Waals surface area contributed by atoms with Crippen molar-refractivity contribution >= 4 is 23.5 Å². The van der Waals surface area contributed by atoms with Gasteiger partial charge in [0.2, 0.25) is 5.91 Å². The van der Waals surface area contributed by atoms with Crippen molar-refractivity contribution in [3.8, 4) is 11.4 Å². The largest absolute Gasteiger partial charge is 0.469 e. The summed E-state index contributed by atoms with van der Waals surface area (Å²) in [6.07, 6.45) is 3.38. The minimum Gasteiger partial charge on any atom is -0.469 e. The highest BCUT2D eigenvalue weighted by Crippen LogP contribution is 2.27. The Hall–Kier alpha value is -3.13. The van der Waals surface area contributed by atoms with Crippen LogP contribution in [0, 0.1) is 6.92 Å². The topological polar surface area (TPSA) is 90.0 Å². The maximum atomic E-state index is 12.7. The highest BCUT2D eigenvalue weighted by molar-refractivity contribution is 7.99. The highest BCUT2D eigenvalue weighted by Gasteiger charge is 2.18. The number of nitrogens with zero attached hydrogens (tertiary/aromatic N) is 3. The van der Waals surface area contributed by atoms with E-state index in [4.69, 9.17) is 4.42 Å². The van der Waals surface area contributed by atoms with Gasteiger partial charge in [0, 0.05) is 19.0 Å². The molecule has 1 aromatic carbocycles. The van der Waals surface area contributed by atoms with Crippen molar-refractivity contribution in [3.05, 3.63) is 66.1 Å². The van der Waals surface area contributed by atoms with Gasteiger partial charge in [-0.25, -0.2) is 0 Å². The molecule has 30 heavy (non-hydrogen) atoms. The van der Waals surface area contributed by atoms with Gasteiger partial charge in [0.05, 0.1) is 23.6 Å². The summed E-state index contributed by atoms with van der Waals surface area (Å²) in [6, 6.07) is 9.03. The lowest BCUT2D eigenvalue weighted by molar-refractivity contribution is -0.119. The number of furan rings is 1. The Bertz CT molecular complexity index is 1050. The van der Waals surface area contributed by atoms with Crippen LogP contribution in [0.1, 0.15) is 41.6 Å². The van der Waals surface area contributed by atoms with Gasteiger partial charge in [0.25, 0.3) is 0 Å². The quantitative estimate of drug-likeness (QED) is 0.314. The van der Waals surface area contributed by atoms with E-state index in [0.717, 1.165) is 16.9 Å². The summed E-state index contributed by atoms with van der Waals surface area (Å²) in [5.74, 6) is 1.59. The first-order valence-electron chi connectivity index (χ1n) is 9.52. The van der Waals surface area contributed by atoms with Crippen molar-refractivity contribution in [1.29, 1.82) is 0 Å². The molecule has 0 bridgehead atoms. The van der Waals surface area contributed by atoms with Crippen molar-refractivity contribution < 1.29 is 14.0 Å². The molecule has 0 saturated heterocycles. The minimum atomic E-state index is -0.108. The number of carbonyl (C=O) groups is 2. The molecule has 0 radical (unpaired) electrons. The fourth-order valence-electron chi connectivity index (χ4n) is 3.06. The third-order valence-corrected chi connectivity index (χ3v) is 5.58. The third kappa shape index (κ3) is 4.88. The maximum Gasteiger partial charge on any atom is 0.217 e. The number of hydrogen-bond acceptors (Lipinski definition) is 6. The molecule has 0 spiro atoms. The number of carbonyl (C=O) groups excluding carboxylic acids is 2. The molecular weight excluding hydrogens is 400 g/mol. The lowest BCUT2D eigenvalue weighted by Crippen LogP contribution is -2.23. The maximum absolute atomic E-state index is 12.7. The lowest BCUT2D eigenvalue weighted by Gasteiger charge is -2.13. The molecule has 1 N–H and O–H groups in total. The van der Waals surface area contributed by atoms with Crippen LogP contribution in [0.15, 0.2) is 58.8 Å². The van der Waals surface area contributed by atoms with Crippen LogP contribution in [0.5, 0.6) is 0 Å². The molecule has 1 amide bonds. The molecule has 3 rings (SSSR count). The Morgan fingerprint density at radius 3 is 2.60 bits per heavy atom. The number of benzene rings is 1. The summed E-state index contributed by atoms with van der Waals surface area (Å²) >= 11 is 1.34. The van der Waals surface area contributed by atoms with Crippen molar-refractivity contribution in [1.82, 2.24) is 20.1 Å². The SMILES string of the molecule is C=CCn1c(SCC(=O)c2ccc([C@@H](C)NC(C)=O)cc2)nnc1-c1ccoc1C. The second-order valence-corrected chi connectivity index (χ2v) is 7.79. The summed E-state index contributed by atoms with van der Waals surface area (Å²) in [6.45, 7) is 9.58. The highest BCUT2D eigenvalue weighted by atomic mass is 32.2. The first-order valence-corrected chi connectivity index (χ1v) is 10.5. The van der Waals surface area contributed by atoms with Gasteiger partial charge in [-0.05, 0) is 25.5 Å². The average molecular weight is 425 g/mol. The van der Waals surface area contributed by atoms with Crippen LogP contribution in [-0.4, -0.2) is 32.2 Å². The molecule has 0 fully saturated rings. The normalized spacial score (nSPS) is 11.8. The second kappa shape index (κ2) is 9.58. The standard InChI is InChI=1S/C22H24N4O3S/c1-5-11-26-21(19-10-12-29-15(19)3)24-25-22(26)30-13-20(28)18-8-6-17(7-9-18)14(2)23-16(4)27/h5-10,12,14H,1,11,13H2,2-4H3,(H,23,27)/t14-/m1/s1. The monoisotopic (exact) mass is 424 g/mol. The van der Waals surface area contributed by atoms with E-state index in [2.05, 4.69) is 22.1 Å². The summed E-state index contributed by atoms with van der Waals surface area (Å²) in [7, 11) is 0. The lowest BCUT2D eigenvalue weighted by atomic mass is 10.0. The van der Waals surface area contributed by atoms with Crippen molar-refractivity contribution in [2.45, 2.75) is 38.5 Å². The third-order valence-electron chi connectivity index (χ3n) is 4.61. The predicted molar refractivity (Wildman–Crippen MR) is 116 cm³/mol. The van der Waals surface area contributed by atoms with Gasteiger partial charge in [-0.3, -0.25) is 14.2 Å². The molecule has 3 aromatic rings. The molecule has 0 aliphatic heterocycles. The Balaban J connectivity index is 1.70. The summed E-state index contributed by atoms with van der Waals surface area (Å²) in [5.41, 5.74) is 2.42. The molecule has 156 valence electrons. The van der Waals surface area contributed by atoms with E-state index in [1.165, 1.54) is 18.7 Å². The number of ketones is 1. The molecule has 0 aliphatic carbocycles. The minimum absolute atomic E-state index is 0.00655. The van der Waals surface area contributed by atoms with E-state index in [-0.39, 0.29) is 23.5 Å². The molecule has 1 atom stereocenters. The van der Waals surface area contributed by atoms with Gasteiger partial charge in [-0.2, -0.15) is 0 Å². The summed E-state index contributed by atoms with van der Waals surface area (Å²) in [4.78, 5) is 23.9. The molecule has 7 nitrogen and oxygen atoms in total. The number of allylic oxidation sites excluding steroid dienone is 1. The second-order valence-electron chi connectivity index (χ2n) is 6.85. The zero-order valence-corrected chi connectivity index (χ0v) is 18.0. The van der Waals surface area contributed by atoms with E-state index in [0.29, 0.717) is 23.1 Å². The van der Waals surface area contributed by atoms with Crippen molar-refractivity contribution in [3.63, 3.8) is 0 Å². The first-order chi connectivity index (χ1) is 14.4. The van der Waals surface area contributed by atoms with E-state index >= 15 is 0 Å². The van der Waals surface area contributed by atoms with E-state index < -0.39 is 0 Å². The Labute approximate surface area is 179 Å². The molecule has 2 aromatic heterocycles. The van der Waals surface area contributed by atoms with Crippen LogP contribution < -0.4 is 5.32 Å². The van der Waals surface area contributed by atoms with E-state index in [1.807, 2.05) is 36.6 Å².